The molecule has 0 aliphatic rings. The Balaban J connectivity index is 3.22. The predicted molar refractivity (Wildman–Crippen MR) is 36.7 cm³/mol. The van der Waals surface area contributed by atoms with Crippen LogP contribution in [0.3, 0.4) is 0 Å². The molecule has 4 nitrogen and oxygen atoms in total. The minimum Gasteiger partial charge on any atom is -0.395 e. The molecule has 0 saturated carbocycles. The van der Waals surface area contributed by atoms with Crippen LogP contribution in [0.15, 0.2) is 0 Å². The Morgan fingerprint density at radius 1 is 1.22 bits per heavy atom. The molecule has 0 aromatic carbocycles. The van der Waals surface area contributed by atoms with Crippen molar-refractivity contribution in [1.82, 2.24) is 0 Å². The van der Waals surface area contributed by atoms with Crippen LogP contribution in [0.4, 0.5) is 0 Å². The van der Waals surface area contributed by atoms with Gasteiger partial charge in [0.1, 0.15) is 0 Å². The Morgan fingerprint density at radius 2 is 1.78 bits per heavy atom. The summed E-state index contributed by atoms with van der Waals surface area (Å²) in [7, 11) is 0. The molecule has 0 heterocycles. The average molecular weight is 133 g/mol. The van der Waals surface area contributed by atoms with Crippen molar-refractivity contribution in [2.24, 2.45) is 17.2 Å². The largest absolute Gasteiger partial charge is 0.395 e. The summed E-state index contributed by atoms with van der Waals surface area (Å²) in [4.78, 5) is 0. The molecule has 0 bridgehead atoms. The van der Waals surface area contributed by atoms with Crippen LogP contribution in [0.25, 0.3) is 0 Å². The molecule has 0 fully saturated rings. The highest BCUT2D eigenvalue weighted by Gasteiger charge is 2.05. The molecule has 56 valence electrons. The summed E-state index contributed by atoms with van der Waals surface area (Å²) in [6.07, 6.45) is 0.590. The lowest BCUT2D eigenvalue weighted by Crippen LogP contribution is -2.38. The molecular weight excluding hydrogens is 118 g/mol. The van der Waals surface area contributed by atoms with Crippen molar-refractivity contribution in [3.05, 3.63) is 0 Å². The zero-order valence-electron chi connectivity index (χ0n) is 5.46. The quantitative estimate of drug-likeness (QED) is 0.356. The molecule has 0 saturated heterocycles. The van der Waals surface area contributed by atoms with Crippen LogP contribution in [0.5, 0.6) is 0 Å². The number of hydrogen-bond donors (Lipinski definition) is 4. The number of aliphatic hydroxyl groups excluding tert-OH is 1. The summed E-state index contributed by atoms with van der Waals surface area (Å²) >= 11 is 0. The van der Waals surface area contributed by atoms with Crippen LogP contribution in [0, 0.1) is 0 Å². The molecule has 4 heteroatoms. The Hall–Kier alpha value is -0.160. The molecule has 0 spiro atoms. The van der Waals surface area contributed by atoms with Gasteiger partial charge in [-0.25, -0.2) is 0 Å². The average Bonchev–Trinajstić information content (AvgIpc) is 1.87. The molecular formula is C5H15N3O. The lowest BCUT2D eigenvalue weighted by molar-refractivity contribution is 0.254. The second-order valence-electron chi connectivity index (χ2n) is 2.17. The van der Waals surface area contributed by atoms with E-state index in [9.17, 15) is 0 Å². The molecule has 0 aliphatic heterocycles. The van der Waals surface area contributed by atoms with Crippen molar-refractivity contribution < 1.29 is 5.11 Å². The summed E-state index contributed by atoms with van der Waals surface area (Å²) in [5.41, 5.74) is 16.0. The normalized spacial score (nSPS) is 17.3. The fourth-order valence-corrected chi connectivity index (χ4v) is 0.560. The van der Waals surface area contributed by atoms with Gasteiger partial charge in [-0.1, -0.05) is 0 Å². The standard InChI is InChI=1S/C5H15N3O/c6-2-4(7)1-5(8)3-9/h4-5,9H,1-3,6-8H2. The Labute approximate surface area is 55.0 Å². The minimum atomic E-state index is -0.219. The van der Waals surface area contributed by atoms with E-state index in [2.05, 4.69) is 0 Å². The van der Waals surface area contributed by atoms with Crippen molar-refractivity contribution in [3.8, 4) is 0 Å². The minimum absolute atomic E-state index is 0.0201. The molecule has 7 N–H and O–H groups in total. The third kappa shape index (κ3) is 4.35. The van der Waals surface area contributed by atoms with Gasteiger partial charge in [-0.3, -0.25) is 0 Å². The summed E-state index contributed by atoms with van der Waals surface area (Å²) < 4.78 is 0. The summed E-state index contributed by atoms with van der Waals surface area (Å²) in [6, 6.07) is -0.296. The maximum atomic E-state index is 8.46. The first-order valence-electron chi connectivity index (χ1n) is 3.02. The summed E-state index contributed by atoms with van der Waals surface area (Å²) in [5, 5.41) is 8.46. The third-order valence-corrected chi connectivity index (χ3v) is 1.14. The number of nitrogens with two attached hydrogens (primary N) is 3. The molecule has 2 atom stereocenters. The van der Waals surface area contributed by atoms with Crippen LogP contribution in [0.2, 0.25) is 0 Å². The van der Waals surface area contributed by atoms with E-state index in [1.165, 1.54) is 0 Å². The molecule has 0 radical (unpaired) electrons. The number of rotatable bonds is 4. The zero-order chi connectivity index (χ0) is 7.28. The predicted octanol–water partition coefficient (Wildman–Crippen LogP) is -2.02. The second kappa shape index (κ2) is 4.69. The molecule has 9 heavy (non-hydrogen) atoms. The van der Waals surface area contributed by atoms with Gasteiger partial charge in [0.2, 0.25) is 0 Å². The van der Waals surface area contributed by atoms with Crippen molar-refractivity contribution in [3.63, 3.8) is 0 Å². The van der Waals surface area contributed by atoms with Crippen LogP contribution >= 0.6 is 0 Å². The fourth-order valence-electron chi connectivity index (χ4n) is 0.560. The Bertz CT molecular complexity index is 61.2. The topological polar surface area (TPSA) is 98.3 Å². The van der Waals surface area contributed by atoms with E-state index in [0.29, 0.717) is 13.0 Å². The first-order valence-corrected chi connectivity index (χ1v) is 3.02. The van der Waals surface area contributed by atoms with Crippen molar-refractivity contribution in [2.75, 3.05) is 13.2 Å². The first kappa shape index (κ1) is 8.84. The van der Waals surface area contributed by atoms with Crippen LogP contribution in [-0.4, -0.2) is 30.3 Å². The highest BCUT2D eigenvalue weighted by atomic mass is 16.3. The molecule has 0 aromatic rings. The zero-order valence-corrected chi connectivity index (χ0v) is 5.46. The third-order valence-electron chi connectivity index (χ3n) is 1.14. The molecule has 2 unspecified atom stereocenters. The van der Waals surface area contributed by atoms with Crippen molar-refractivity contribution in [2.45, 2.75) is 18.5 Å². The van der Waals surface area contributed by atoms with Gasteiger partial charge < -0.3 is 22.3 Å². The lowest BCUT2D eigenvalue weighted by Gasteiger charge is -2.12. The maximum absolute atomic E-state index is 8.46. The maximum Gasteiger partial charge on any atom is 0.0583 e. The van der Waals surface area contributed by atoms with Gasteiger partial charge in [0.25, 0.3) is 0 Å². The fraction of sp³-hybridized carbons (Fsp3) is 1.00. The van der Waals surface area contributed by atoms with E-state index in [1.54, 1.807) is 0 Å². The van der Waals surface area contributed by atoms with E-state index in [-0.39, 0.29) is 18.7 Å². The molecule has 0 amide bonds. The van der Waals surface area contributed by atoms with Gasteiger partial charge in [0.05, 0.1) is 6.61 Å². The highest BCUT2D eigenvalue weighted by molar-refractivity contribution is 4.69. The van der Waals surface area contributed by atoms with Crippen LogP contribution in [0.1, 0.15) is 6.42 Å². The number of hydrogen-bond acceptors (Lipinski definition) is 4. The van der Waals surface area contributed by atoms with E-state index in [4.69, 9.17) is 22.3 Å². The van der Waals surface area contributed by atoms with Gasteiger partial charge >= 0.3 is 0 Å². The van der Waals surface area contributed by atoms with E-state index in [1.807, 2.05) is 0 Å². The SMILES string of the molecule is NCC(N)CC(N)CO. The lowest BCUT2D eigenvalue weighted by atomic mass is 10.1. The Kier molecular flexibility index (Phi) is 4.61. The van der Waals surface area contributed by atoms with E-state index >= 15 is 0 Å². The van der Waals surface area contributed by atoms with Gasteiger partial charge in [-0.15, -0.1) is 0 Å². The van der Waals surface area contributed by atoms with Crippen LogP contribution in [-0.2, 0) is 0 Å². The monoisotopic (exact) mass is 133 g/mol. The number of aliphatic hydroxyl groups is 1. The summed E-state index contributed by atoms with van der Waals surface area (Å²) in [6.45, 7) is 0.404. The molecule has 0 aromatic heterocycles. The smallest absolute Gasteiger partial charge is 0.0583 e. The van der Waals surface area contributed by atoms with Gasteiger partial charge in [-0.05, 0) is 6.42 Å². The van der Waals surface area contributed by atoms with E-state index in [0.717, 1.165) is 0 Å². The van der Waals surface area contributed by atoms with Gasteiger partial charge in [0, 0.05) is 18.6 Å². The first-order chi connectivity index (χ1) is 4.20. The van der Waals surface area contributed by atoms with Crippen molar-refractivity contribution in [1.29, 1.82) is 0 Å². The van der Waals surface area contributed by atoms with Gasteiger partial charge in [0.15, 0.2) is 0 Å². The highest BCUT2D eigenvalue weighted by Crippen LogP contribution is 1.89. The molecule has 0 rings (SSSR count). The molecule has 0 aliphatic carbocycles. The van der Waals surface area contributed by atoms with E-state index < -0.39 is 0 Å². The van der Waals surface area contributed by atoms with Crippen molar-refractivity contribution >= 4 is 0 Å². The second-order valence-corrected chi connectivity index (χ2v) is 2.17. The Morgan fingerprint density at radius 3 is 2.11 bits per heavy atom. The van der Waals surface area contributed by atoms with Gasteiger partial charge in [-0.2, -0.15) is 0 Å². The van der Waals surface area contributed by atoms with Crippen LogP contribution < -0.4 is 17.2 Å². The summed E-state index contributed by atoms with van der Waals surface area (Å²) in [5.74, 6) is 0.